The summed E-state index contributed by atoms with van der Waals surface area (Å²) >= 11 is 0. The first-order valence-corrected chi connectivity index (χ1v) is 6.89. The predicted molar refractivity (Wildman–Crippen MR) is 68.1 cm³/mol. The van der Waals surface area contributed by atoms with Gasteiger partial charge in [-0.15, -0.1) is 0 Å². The van der Waals surface area contributed by atoms with Gasteiger partial charge >= 0.3 is 0 Å². The molecular formula is C14H29N. The molecule has 1 fully saturated rings. The molecule has 0 amide bonds. The first-order chi connectivity index (χ1) is 7.15. The summed E-state index contributed by atoms with van der Waals surface area (Å²) in [6.07, 6.45) is 6.98. The lowest BCUT2D eigenvalue weighted by atomic mass is 9.89. The van der Waals surface area contributed by atoms with Crippen molar-refractivity contribution in [1.82, 2.24) is 4.90 Å². The number of likely N-dealkylation sites (tertiary alicyclic amines) is 1. The average Bonchev–Trinajstić information content (AvgIpc) is 2.69. The number of hydrogen-bond donors (Lipinski definition) is 0. The van der Waals surface area contributed by atoms with E-state index in [1.807, 2.05) is 0 Å². The summed E-state index contributed by atoms with van der Waals surface area (Å²) in [5, 5.41) is 0. The van der Waals surface area contributed by atoms with Crippen molar-refractivity contribution >= 4 is 0 Å². The third-order valence-electron chi connectivity index (χ3n) is 4.10. The third kappa shape index (κ3) is 4.14. The van der Waals surface area contributed by atoms with E-state index in [2.05, 4.69) is 32.6 Å². The lowest BCUT2D eigenvalue weighted by molar-refractivity contribution is 0.178. The molecule has 3 unspecified atom stereocenters. The third-order valence-corrected chi connectivity index (χ3v) is 4.10. The van der Waals surface area contributed by atoms with Crippen molar-refractivity contribution in [2.24, 2.45) is 11.8 Å². The standard InChI is InChI=1S/C14H29N/c1-5-8-12(2)11-13(3)14(4)15-9-6-7-10-15/h12-14H,5-11H2,1-4H3. The van der Waals surface area contributed by atoms with Crippen molar-refractivity contribution in [3.05, 3.63) is 0 Å². The molecule has 0 radical (unpaired) electrons. The highest BCUT2D eigenvalue weighted by molar-refractivity contribution is 4.77. The molecule has 0 bridgehead atoms. The van der Waals surface area contributed by atoms with Crippen molar-refractivity contribution in [1.29, 1.82) is 0 Å². The first kappa shape index (κ1) is 13.0. The summed E-state index contributed by atoms with van der Waals surface area (Å²) < 4.78 is 0. The van der Waals surface area contributed by atoms with Gasteiger partial charge in [0.1, 0.15) is 0 Å². The second-order valence-electron chi connectivity index (χ2n) is 5.59. The SMILES string of the molecule is CCCC(C)CC(C)C(C)N1CCCC1. The zero-order valence-electron chi connectivity index (χ0n) is 11.1. The van der Waals surface area contributed by atoms with Crippen LogP contribution >= 0.6 is 0 Å². The highest BCUT2D eigenvalue weighted by Gasteiger charge is 2.23. The van der Waals surface area contributed by atoms with Crippen LogP contribution < -0.4 is 0 Å². The van der Waals surface area contributed by atoms with Gasteiger partial charge in [-0.25, -0.2) is 0 Å². The largest absolute Gasteiger partial charge is 0.300 e. The van der Waals surface area contributed by atoms with E-state index >= 15 is 0 Å². The summed E-state index contributed by atoms with van der Waals surface area (Å²) in [4.78, 5) is 2.68. The van der Waals surface area contributed by atoms with E-state index in [1.165, 1.54) is 45.2 Å². The van der Waals surface area contributed by atoms with Gasteiger partial charge in [0.15, 0.2) is 0 Å². The smallest absolute Gasteiger partial charge is 0.00926 e. The Hall–Kier alpha value is -0.0400. The maximum absolute atomic E-state index is 2.68. The molecule has 90 valence electrons. The Kier molecular flexibility index (Phi) is 5.66. The maximum atomic E-state index is 2.68. The van der Waals surface area contributed by atoms with Crippen molar-refractivity contribution in [2.45, 2.75) is 65.8 Å². The Morgan fingerprint density at radius 3 is 2.20 bits per heavy atom. The van der Waals surface area contributed by atoms with E-state index in [0.717, 1.165) is 17.9 Å². The van der Waals surface area contributed by atoms with Gasteiger partial charge in [0, 0.05) is 6.04 Å². The molecule has 1 nitrogen and oxygen atoms in total. The normalized spacial score (nSPS) is 24.0. The molecule has 1 heteroatoms. The van der Waals surface area contributed by atoms with Crippen LogP contribution in [0, 0.1) is 11.8 Å². The van der Waals surface area contributed by atoms with Crippen LogP contribution in [0.5, 0.6) is 0 Å². The van der Waals surface area contributed by atoms with Gasteiger partial charge in [0.25, 0.3) is 0 Å². The van der Waals surface area contributed by atoms with E-state index < -0.39 is 0 Å². The Balaban J connectivity index is 2.28. The minimum Gasteiger partial charge on any atom is -0.300 e. The monoisotopic (exact) mass is 211 g/mol. The molecule has 1 aliphatic heterocycles. The molecule has 1 heterocycles. The lowest BCUT2D eigenvalue weighted by Crippen LogP contribution is -2.35. The summed E-state index contributed by atoms with van der Waals surface area (Å²) in [6, 6.07) is 0.798. The van der Waals surface area contributed by atoms with Crippen LogP contribution in [-0.4, -0.2) is 24.0 Å². The van der Waals surface area contributed by atoms with Crippen LogP contribution in [0.2, 0.25) is 0 Å². The van der Waals surface area contributed by atoms with E-state index in [4.69, 9.17) is 0 Å². The van der Waals surface area contributed by atoms with Crippen molar-refractivity contribution in [3.63, 3.8) is 0 Å². The summed E-state index contributed by atoms with van der Waals surface area (Å²) in [5.41, 5.74) is 0. The minimum absolute atomic E-state index is 0.798. The van der Waals surface area contributed by atoms with Crippen LogP contribution in [0.4, 0.5) is 0 Å². The fourth-order valence-electron chi connectivity index (χ4n) is 2.95. The number of nitrogens with zero attached hydrogens (tertiary/aromatic N) is 1. The molecule has 0 aromatic carbocycles. The molecule has 0 aromatic heterocycles. The van der Waals surface area contributed by atoms with E-state index in [0.29, 0.717) is 0 Å². The molecule has 1 rings (SSSR count). The topological polar surface area (TPSA) is 3.24 Å². The van der Waals surface area contributed by atoms with Gasteiger partial charge in [-0.05, 0) is 51.1 Å². The molecular weight excluding hydrogens is 182 g/mol. The van der Waals surface area contributed by atoms with Gasteiger partial charge in [0.05, 0.1) is 0 Å². The van der Waals surface area contributed by atoms with E-state index in [-0.39, 0.29) is 0 Å². The van der Waals surface area contributed by atoms with Gasteiger partial charge in [-0.2, -0.15) is 0 Å². The quantitative estimate of drug-likeness (QED) is 0.643. The second-order valence-corrected chi connectivity index (χ2v) is 5.59. The van der Waals surface area contributed by atoms with Crippen molar-refractivity contribution < 1.29 is 0 Å². The summed E-state index contributed by atoms with van der Waals surface area (Å²) in [7, 11) is 0. The summed E-state index contributed by atoms with van der Waals surface area (Å²) in [6.45, 7) is 12.3. The first-order valence-electron chi connectivity index (χ1n) is 6.89. The zero-order valence-corrected chi connectivity index (χ0v) is 11.1. The predicted octanol–water partition coefficient (Wildman–Crippen LogP) is 3.93. The Morgan fingerprint density at radius 1 is 1.07 bits per heavy atom. The van der Waals surface area contributed by atoms with E-state index in [9.17, 15) is 0 Å². The van der Waals surface area contributed by atoms with Crippen LogP contribution in [0.25, 0.3) is 0 Å². The van der Waals surface area contributed by atoms with Gasteiger partial charge in [-0.3, -0.25) is 0 Å². The molecule has 0 spiro atoms. The highest BCUT2D eigenvalue weighted by atomic mass is 15.2. The highest BCUT2D eigenvalue weighted by Crippen LogP contribution is 2.24. The Bertz CT molecular complexity index is 161. The van der Waals surface area contributed by atoms with Crippen molar-refractivity contribution in [3.8, 4) is 0 Å². The zero-order chi connectivity index (χ0) is 11.3. The molecule has 0 aromatic rings. The van der Waals surface area contributed by atoms with Gasteiger partial charge < -0.3 is 4.90 Å². The van der Waals surface area contributed by atoms with Crippen LogP contribution in [0.15, 0.2) is 0 Å². The Morgan fingerprint density at radius 2 is 1.67 bits per heavy atom. The van der Waals surface area contributed by atoms with Crippen LogP contribution in [0.1, 0.15) is 59.8 Å². The van der Waals surface area contributed by atoms with Crippen LogP contribution in [-0.2, 0) is 0 Å². The van der Waals surface area contributed by atoms with Gasteiger partial charge in [0.2, 0.25) is 0 Å². The molecule has 3 atom stereocenters. The fraction of sp³-hybridized carbons (Fsp3) is 1.00. The second kappa shape index (κ2) is 6.52. The fourth-order valence-corrected chi connectivity index (χ4v) is 2.95. The average molecular weight is 211 g/mol. The summed E-state index contributed by atoms with van der Waals surface area (Å²) in [5.74, 6) is 1.78. The molecule has 0 N–H and O–H groups in total. The van der Waals surface area contributed by atoms with Crippen LogP contribution in [0.3, 0.4) is 0 Å². The number of hydrogen-bond acceptors (Lipinski definition) is 1. The Labute approximate surface area is 96.2 Å². The molecule has 1 saturated heterocycles. The molecule has 1 aliphatic rings. The van der Waals surface area contributed by atoms with Gasteiger partial charge in [-0.1, -0.05) is 33.6 Å². The van der Waals surface area contributed by atoms with Crippen molar-refractivity contribution in [2.75, 3.05) is 13.1 Å². The lowest BCUT2D eigenvalue weighted by Gasteiger charge is -2.30. The maximum Gasteiger partial charge on any atom is 0.00926 e. The molecule has 0 aliphatic carbocycles. The molecule has 15 heavy (non-hydrogen) atoms. The number of rotatable bonds is 6. The molecule has 0 saturated carbocycles. The van der Waals surface area contributed by atoms with E-state index in [1.54, 1.807) is 0 Å². The minimum atomic E-state index is 0.798.